The minimum absolute atomic E-state index is 0.926. The fraction of sp³-hybridized carbons (Fsp3) is 0.316. The zero-order chi connectivity index (χ0) is 17.5. The first-order chi connectivity index (χ1) is 12.8. The Morgan fingerprint density at radius 3 is 2.81 bits per heavy atom. The number of hydrogen-bond donors (Lipinski definition) is 1. The second-order valence-corrected chi connectivity index (χ2v) is 6.95. The van der Waals surface area contributed by atoms with Crippen LogP contribution in [0.1, 0.15) is 5.69 Å². The van der Waals surface area contributed by atoms with Crippen molar-refractivity contribution in [3.8, 4) is 11.1 Å². The number of aromatic nitrogens is 5. The maximum atomic E-state index is 4.53. The van der Waals surface area contributed by atoms with E-state index >= 15 is 0 Å². The Morgan fingerprint density at radius 2 is 1.92 bits per heavy atom. The van der Waals surface area contributed by atoms with Gasteiger partial charge < -0.3 is 9.88 Å². The molecule has 1 aliphatic rings. The van der Waals surface area contributed by atoms with Gasteiger partial charge in [0, 0.05) is 61.8 Å². The van der Waals surface area contributed by atoms with Crippen LogP contribution in [-0.2, 0) is 6.54 Å². The minimum atomic E-state index is 0.926. The molecule has 0 radical (unpaired) electrons. The van der Waals surface area contributed by atoms with Crippen molar-refractivity contribution in [2.45, 2.75) is 6.54 Å². The van der Waals surface area contributed by atoms with Crippen molar-refractivity contribution >= 4 is 16.6 Å². The normalized spacial score (nSPS) is 16.7. The van der Waals surface area contributed by atoms with E-state index in [0.29, 0.717) is 0 Å². The summed E-state index contributed by atoms with van der Waals surface area (Å²) in [5, 5.41) is 9.77. The number of nitrogens with zero attached hydrogens (tertiary/aromatic N) is 6. The average molecular weight is 347 g/mol. The van der Waals surface area contributed by atoms with E-state index in [9.17, 15) is 0 Å². The van der Waals surface area contributed by atoms with Crippen LogP contribution >= 0.6 is 0 Å². The molecule has 132 valence electrons. The number of piperazine rings is 1. The van der Waals surface area contributed by atoms with Crippen molar-refractivity contribution in [3.05, 3.63) is 48.5 Å². The van der Waals surface area contributed by atoms with Crippen LogP contribution in [0, 0.1) is 0 Å². The Morgan fingerprint density at radius 1 is 1.04 bits per heavy atom. The molecule has 4 aromatic heterocycles. The molecule has 1 fully saturated rings. The van der Waals surface area contributed by atoms with Gasteiger partial charge in [-0.25, -0.2) is 4.98 Å². The fourth-order valence-corrected chi connectivity index (χ4v) is 3.69. The molecule has 0 aromatic carbocycles. The van der Waals surface area contributed by atoms with Gasteiger partial charge in [-0.3, -0.25) is 4.90 Å². The van der Waals surface area contributed by atoms with Gasteiger partial charge in [-0.15, -0.1) is 0 Å². The van der Waals surface area contributed by atoms with E-state index in [2.05, 4.69) is 49.1 Å². The van der Waals surface area contributed by atoms with E-state index < -0.39 is 0 Å². The van der Waals surface area contributed by atoms with E-state index in [1.165, 1.54) is 5.69 Å². The molecule has 1 N–H and O–H groups in total. The lowest BCUT2D eigenvalue weighted by Crippen LogP contribution is -2.43. The zero-order valence-electron chi connectivity index (χ0n) is 14.8. The van der Waals surface area contributed by atoms with Crippen molar-refractivity contribution in [2.24, 2.45) is 0 Å². The van der Waals surface area contributed by atoms with Crippen LogP contribution in [0.2, 0.25) is 0 Å². The van der Waals surface area contributed by atoms with Crippen LogP contribution in [0.4, 0.5) is 0 Å². The van der Waals surface area contributed by atoms with E-state index in [1.807, 2.05) is 24.5 Å². The molecule has 0 atom stereocenters. The second kappa shape index (κ2) is 6.19. The quantitative estimate of drug-likeness (QED) is 0.614. The highest BCUT2D eigenvalue weighted by molar-refractivity contribution is 5.97. The molecule has 0 unspecified atom stereocenters. The highest BCUT2D eigenvalue weighted by Gasteiger charge is 2.17. The lowest BCUT2D eigenvalue weighted by Gasteiger charge is -2.31. The molecule has 7 nitrogen and oxygen atoms in total. The molecule has 5 rings (SSSR count). The zero-order valence-corrected chi connectivity index (χ0v) is 14.8. The van der Waals surface area contributed by atoms with Gasteiger partial charge in [0.1, 0.15) is 5.65 Å². The number of aromatic amines is 1. The third-order valence-electron chi connectivity index (χ3n) is 5.17. The summed E-state index contributed by atoms with van der Waals surface area (Å²) in [6.45, 7) is 5.38. The van der Waals surface area contributed by atoms with E-state index in [1.54, 1.807) is 10.8 Å². The van der Waals surface area contributed by atoms with Gasteiger partial charge in [-0.2, -0.15) is 14.8 Å². The molecule has 4 aromatic rings. The summed E-state index contributed by atoms with van der Waals surface area (Å²) in [4.78, 5) is 12.9. The van der Waals surface area contributed by atoms with Gasteiger partial charge in [0.15, 0.2) is 0 Å². The van der Waals surface area contributed by atoms with Gasteiger partial charge in [-0.1, -0.05) is 0 Å². The summed E-state index contributed by atoms with van der Waals surface area (Å²) in [6.07, 6.45) is 5.48. The fourth-order valence-electron chi connectivity index (χ4n) is 3.69. The van der Waals surface area contributed by atoms with Crippen LogP contribution in [0.3, 0.4) is 0 Å². The Balaban J connectivity index is 1.52. The maximum absolute atomic E-state index is 4.53. The van der Waals surface area contributed by atoms with Crippen molar-refractivity contribution in [2.75, 3.05) is 33.2 Å². The molecule has 5 heterocycles. The Kier molecular flexibility index (Phi) is 3.69. The average Bonchev–Trinajstić information content (AvgIpc) is 3.27. The summed E-state index contributed by atoms with van der Waals surface area (Å²) in [6, 6.07) is 8.27. The Labute approximate surface area is 151 Å². The smallest absolute Gasteiger partial charge is 0.138 e. The first-order valence-corrected chi connectivity index (χ1v) is 8.95. The predicted molar refractivity (Wildman–Crippen MR) is 101 cm³/mol. The summed E-state index contributed by atoms with van der Waals surface area (Å²) >= 11 is 0. The number of H-pyrrole nitrogens is 1. The van der Waals surface area contributed by atoms with Gasteiger partial charge in [0.2, 0.25) is 0 Å². The third-order valence-corrected chi connectivity index (χ3v) is 5.17. The van der Waals surface area contributed by atoms with Gasteiger partial charge >= 0.3 is 0 Å². The number of rotatable bonds is 3. The highest BCUT2D eigenvalue weighted by Crippen LogP contribution is 2.31. The lowest BCUT2D eigenvalue weighted by atomic mass is 10.1. The summed E-state index contributed by atoms with van der Waals surface area (Å²) in [5.41, 5.74) is 5.35. The molecule has 0 amide bonds. The number of pyridine rings is 1. The van der Waals surface area contributed by atoms with Gasteiger partial charge in [0.05, 0.1) is 11.7 Å². The van der Waals surface area contributed by atoms with Crippen LogP contribution in [0.25, 0.3) is 27.7 Å². The first-order valence-electron chi connectivity index (χ1n) is 8.95. The molecule has 0 saturated carbocycles. The van der Waals surface area contributed by atoms with E-state index in [0.717, 1.165) is 60.4 Å². The van der Waals surface area contributed by atoms with E-state index in [4.69, 9.17) is 0 Å². The lowest BCUT2D eigenvalue weighted by molar-refractivity contribution is 0.147. The maximum Gasteiger partial charge on any atom is 0.138 e. The van der Waals surface area contributed by atoms with Crippen molar-refractivity contribution in [1.82, 2.24) is 34.6 Å². The Hall–Kier alpha value is -2.77. The van der Waals surface area contributed by atoms with Gasteiger partial charge in [-0.05, 0) is 36.9 Å². The number of likely N-dealkylation sites (N-methyl/N-ethyl adjacent to an activating group) is 1. The monoisotopic (exact) mass is 347 g/mol. The number of hydrogen-bond acceptors (Lipinski definition) is 5. The summed E-state index contributed by atoms with van der Waals surface area (Å²) in [5.74, 6) is 0. The van der Waals surface area contributed by atoms with Crippen molar-refractivity contribution in [3.63, 3.8) is 0 Å². The van der Waals surface area contributed by atoms with Crippen LogP contribution in [-0.4, -0.2) is 67.8 Å². The molecule has 0 spiro atoms. The van der Waals surface area contributed by atoms with Gasteiger partial charge in [0.25, 0.3) is 0 Å². The SMILES string of the molecule is CN1CCN(Cc2cc3c(-c4cnn5ncccc45)ccnc3[nH]2)CC1. The number of nitrogens with one attached hydrogen (secondary N) is 1. The van der Waals surface area contributed by atoms with Crippen molar-refractivity contribution < 1.29 is 0 Å². The van der Waals surface area contributed by atoms with Crippen LogP contribution in [0.5, 0.6) is 0 Å². The topological polar surface area (TPSA) is 65.3 Å². The second-order valence-electron chi connectivity index (χ2n) is 6.95. The van der Waals surface area contributed by atoms with Crippen LogP contribution < -0.4 is 0 Å². The van der Waals surface area contributed by atoms with Crippen molar-refractivity contribution in [1.29, 1.82) is 0 Å². The number of fused-ring (bicyclic) bond motifs is 2. The molecule has 7 heteroatoms. The molecule has 1 saturated heterocycles. The van der Waals surface area contributed by atoms with Crippen LogP contribution in [0.15, 0.2) is 42.9 Å². The van der Waals surface area contributed by atoms with E-state index in [-0.39, 0.29) is 0 Å². The minimum Gasteiger partial charge on any atom is -0.342 e. The largest absolute Gasteiger partial charge is 0.342 e. The summed E-state index contributed by atoms with van der Waals surface area (Å²) < 4.78 is 1.67. The molecule has 26 heavy (non-hydrogen) atoms. The first kappa shape index (κ1) is 15.5. The molecular weight excluding hydrogens is 326 g/mol. The molecule has 0 aliphatic carbocycles. The highest BCUT2D eigenvalue weighted by atomic mass is 15.4. The molecule has 1 aliphatic heterocycles. The molecular formula is C19H21N7. The third kappa shape index (κ3) is 2.65. The molecule has 0 bridgehead atoms. The Bertz CT molecular complexity index is 1060. The standard InChI is InChI=1S/C19H21N7/c1-24-7-9-25(10-8-24)13-14-11-16-15(4-6-20-19(16)23-14)17-12-22-26-18(17)3-2-5-21-26/h2-6,11-12H,7-10,13H2,1H3,(H,20,23). The predicted octanol–water partition coefficient (Wildman–Crippen LogP) is 2.02. The summed E-state index contributed by atoms with van der Waals surface area (Å²) in [7, 11) is 2.18.